The molecule has 3 N–H and O–H groups in total. The molecule has 0 radical (unpaired) electrons. The number of amides is 1. The number of ether oxygens (including phenoxy) is 1. The second-order valence-electron chi connectivity index (χ2n) is 7.37. The van der Waals surface area contributed by atoms with E-state index >= 15 is 0 Å². The number of rotatable bonds is 11. The van der Waals surface area contributed by atoms with Crippen LogP contribution >= 0.6 is 0 Å². The first-order valence-corrected chi connectivity index (χ1v) is 11.6. The summed E-state index contributed by atoms with van der Waals surface area (Å²) in [7, 11) is -3.65. The standard InChI is InChI=1S/C21H26N4O7S/c1-14(2)24-33(30,31)17-10-8-16(9-11-17)23-21(27)15(3)32-20(26)12-13-22-18-6-4-5-7-19(18)25(28)29/h4-11,14-15,22,24H,12-13H2,1-3H3,(H,23,27). The van der Waals surface area contributed by atoms with E-state index in [4.69, 9.17) is 4.74 Å². The maximum Gasteiger partial charge on any atom is 0.308 e. The molecule has 11 nitrogen and oxygen atoms in total. The van der Waals surface area contributed by atoms with Crippen LogP contribution in [0.5, 0.6) is 0 Å². The van der Waals surface area contributed by atoms with Crippen molar-refractivity contribution in [2.75, 3.05) is 17.2 Å². The second kappa shape index (κ2) is 11.4. The Labute approximate surface area is 191 Å². The van der Waals surface area contributed by atoms with Gasteiger partial charge in [0.15, 0.2) is 6.10 Å². The lowest BCUT2D eigenvalue weighted by Gasteiger charge is -2.14. The zero-order valence-corrected chi connectivity index (χ0v) is 19.2. The van der Waals surface area contributed by atoms with Crippen LogP contribution in [0.1, 0.15) is 27.2 Å². The van der Waals surface area contributed by atoms with E-state index in [-0.39, 0.29) is 35.3 Å². The number of carbonyl (C=O) groups is 2. The first-order chi connectivity index (χ1) is 15.5. The van der Waals surface area contributed by atoms with Crippen LogP contribution in [-0.4, -0.2) is 43.9 Å². The van der Waals surface area contributed by atoms with Gasteiger partial charge in [-0.1, -0.05) is 12.1 Å². The average Bonchev–Trinajstić information content (AvgIpc) is 2.73. The van der Waals surface area contributed by atoms with Crippen molar-refractivity contribution >= 4 is 39.0 Å². The molecule has 1 unspecified atom stereocenters. The van der Waals surface area contributed by atoms with Crippen LogP contribution in [0, 0.1) is 10.1 Å². The quantitative estimate of drug-likeness (QED) is 0.253. The molecular weight excluding hydrogens is 452 g/mol. The topological polar surface area (TPSA) is 157 Å². The lowest BCUT2D eigenvalue weighted by molar-refractivity contribution is -0.384. The summed E-state index contributed by atoms with van der Waals surface area (Å²) in [4.78, 5) is 34.8. The van der Waals surface area contributed by atoms with Crippen LogP contribution in [0.2, 0.25) is 0 Å². The van der Waals surface area contributed by atoms with Gasteiger partial charge >= 0.3 is 5.97 Å². The van der Waals surface area contributed by atoms with Gasteiger partial charge in [-0.15, -0.1) is 0 Å². The Morgan fingerprint density at radius 1 is 1.06 bits per heavy atom. The van der Waals surface area contributed by atoms with Gasteiger partial charge in [-0.3, -0.25) is 19.7 Å². The highest BCUT2D eigenvalue weighted by molar-refractivity contribution is 7.89. The number of esters is 1. The third-order valence-electron chi connectivity index (χ3n) is 4.25. The Morgan fingerprint density at radius 2 is 1.70 bits per heavy atom. The van der Waals surface area contributed by atoms with Crippen molar-refractivity contribution in [3.05, 3.63) is 58.6 Å². The third-order valence-corrected chi connectivity index (χ3v) is 5.92. The Balaban J connectivity index is 1.84. The molecule has 2 rings (SSSR count). The molecule has 0 bridgehead atoms. The van der Waals surface area contributed by atoms with E-state index in [1.807, 2.05) is 0 Å². The van der Waals surface area contributed by atoms with Crippen molar-refractivity contribution in [2.24, 2.45) is 0 Å². The summed E-state index contributed by atoms with van der Waals surface area (Å²) in [6.07, 6.45) is -1.21. The highest BCUT2D eigenvalue weighted by Gasteiger charge is 2.19. The molecule has 178 valence electrons. The lowest BCUT2D eigenvalue weighted by atomic mass is 10.2. The van der Waals surface area contributed by atoms with E-state index in [1.54, 1.807) is 19.9 Å². The molecule has 0 aromatic heterocycles. The molecule has 0 saturated carbocycles. The fourth-order valence-electron chi connectivity index (χ4n) is 2.73. The minimum atomic E-state index is -3.65. The number of hydrogen-bond acceptors (Lipinski definition) is 8. The van der Waals surface area contributed by atoms with Gasteiger partial charge in [0.1, 0.15) is 5.69 Å². The summed E-state index contributed by atoms with van der Waals surface area (Å²) < 4.78 is 31.8. The zero-order valence-electron chi connectivity index (χ0n) is 18.4. The van der Waals surface area contributed by atoms with Crippen molar-refractivity contribution in [2.45, 2.75) is 44.2 Å². The van der Waals surface area contributed by atoms with Crippen LogP contribution in [0.4, 0.5) is 17.1 Å². The summed E-state index contributed by atoms with van der Waals surface area (Å²) in [5.74, 6) is -1.25. The minimum absolute atomic E-state index is 0.0554. The Kier molecular flexibility index (Phi) is 8.88. The first-order valence-electron chi connectivity index (χ1n) is 10.1. The number of nitrogens with one attached hydrogen (secondary N) is 3. The smallest absolute Gasteiger partial charge is 0.308 e. The highest BCUT2D eigenvalue weighted by Crippen LogP contribution is 2.23. The summed E-state index contributed by atoms with van der Waals surface area (Å²) in [6, 6.07) is 11.3. The van der Waals surface area contributed by atoms with Crippen LogP contribution in [-0.2, 0) is 24.3 Å². The van der Waals surface area contributed by atoms with Crippen LogP contribution in [0.3, 0.4) is 0 Å². The van der Waals surface area contributed by atoms with Crippen LogP contribution < -0.4 is 15.4 Å². The Morgan fingerprint density at radius 3 is 2.30 bits per heavy atom. The number of nitro benzene ring substituents is 1. The van der Waals surface area contributed by atoms with Crippen molar-refractivity contribution in [3.8, 4) is 0 Å². The van der Waals surface area contributed by atoms with Gasteiger partial charge in [0.25, 0.3) is 11.6 Å². The molecule has 0 fully saturated rings. The number of nitrogens with zero attached hydrogens (tertiary/aromatic N) is 1. The fraction of sp³-hybridized carbons (Fsp3) is 0.333. The van der Waals surface area contributed by atoms with E-state index < -0.39 is 32.9 Å². The molecule has 0 saturated heterocycles. The SMILES string of the molecule is CC(C)NS(=O)(=O)c1ccc(NC(=O)C(C)OC(=O)CCNc2ccccc2[N+](=O)[O-])cc1. The average molecular weight is 479 g/mol. The minimum Gasteiger partial charge on any atom is -0.452 e. The van der Waals surface area contributed by atoms with Gasteiger partial charge in [0.05, 0.1) is 16.2 Å². The van der Waals surface area contributed by atoms with Crippen molar-refractivity contribution in [1.29, 1.82) is 0 Å². The van der Waals surface area contributed by atoms with E-state index in [9.17, 15) is 28.1 Å². The molecule has 0 spiro atoms. The first kappa shape index (κ1) is 25.7. The summed E-state index contributed by atoms with van der Waals surface area (Å²) in [5, 5.41) is 16.3. The number of para-hydroxylation sites is 2. The van der Waals surface area contributed by atoms with Gasteiger partial charge < -0.3 is 15.4 Å². The van der Waals surface area contributed by atoms with Crippen molar-refractivity contribution < 1.29 is 27.7 Å². The molecule has 0 aliphatic carbocycles. The number of benzene rings is 2. The van der Waals surface area contributed by atoms with E-state index in [1.165, 1.54) is 49.4 Å². The van der Waals surface area contributed by atoms with E-state index in [0.717, 1.165) is 0 Å². The maximum absolute atomic E-state index is 12.3. The fourth-order valence-corrected chi connectivity index (χ4v) is 3.98. The molecule has 1 atom stereocenters. The molecule has 2 aromatic carbocycles. The lowest BCUT2D eigenvalue weighted by Crippen LogP contribution is -2.31. The third kappa shape index (κ3) is 7.84. The predicted molar refractivity (Wildman–Crippen MR) is 122 cm³/mol. The highest BCUT2D eigenvalue weighted by atomic mass is 32.2. The molecule has 33 heavy (non-hydrogen) atoms. The molecule has 0 aliphatic rings. The van der Waals surface area contributed by atoms with Crippen LogP contribution in [0.15, 0.2) is 53.4 Å². The normalized spacial score (nSPS) is 12.1. The summed E-state index contributed by atoms with van der Waals surface area (Å²) in [5.41, 5.74) is 0.497. The maximum atomic E-state index is 12.3. The number of carbonyl (C=O) groups excluding carboxylic acids is 2. The molecule has 12 heteroatoms. The molecule has 0 heterocycles. The van der Waals surface area contributed by atoms with Gasteiger partial charge in [0, 0.05) is 24.3 Å². The van der Waals surface area contributed by atoms with Gasteiger partial charge in [-0.2, -0.15) is 0 Å². The molecule has 2 aromatic rings. The summed E-state index contributed by atoms with van der Waals surface area (Å²) in [6.45, 7) is 4.89. The van der Waals surface area contributed by atoms with Crippen LogP contribution in [0.25, 0.3) is 0 Å². The molecule has 1 amide bonds. The Bertz CT molecular complexity index is 1100. The Hall–Kier alpha value is -3.51. The number of nitro groups is 1. The molecule has 0 aliphatic heterocycles. The monoisotopic (exact) mass is 478 g/mol. The largest absolute Gasteiger partial charge is 0.452 e. The van der Waals surface area contributed by atoms with E-state index in [2.05, 4.69) is 15.4 Å². The summed E-state index contributed by atoms with van der Waals surface area (Å²) >= 11 is 0. The second-order valence-corrected chi connectivity index (χ2v) is 9.09. The van der Waals surface area contributed by atoms with Crippen molar-refractivity contribution in [3.63, 3.8) is 0 Å². The van der Waals surface area contributed by atoms with Gasteiger partial charge in [-0.25, -0.2) is 13.1 Å². The van der Waals surface area contributed by atoms with E-state index in [0.29, 0.717) is 5.69 Å². The van der Waals surface area contributed by atoms with Gasteiger partial charge in [-0.05, 0) is 51.1 Å². The number of hydrogen-bond donors (Lipinski definition) is 3. The zero-order chi connectivity index (χ0) is 24.6. The number of anilines is 2. The number of sulfonamides is 1. The van der Waals surface area contributed by atoms with Crippen molar-refractivity contribution in [1.82, 2.24) is 4.72 Å². The molecular formula is C21H26N4O7S. The predicted octanol–water partition coefficient (Wildman–Crippen LogP) is 2.65. The van der Waals surface area contributed by atoms with Gasteiger partial charge in [0.2, 0.25) is 10.0 Å².